The summed E-state index contributed by atoms with van der Waals surface area (Å²) in [6, 6.07) is 6.04. The molecule has 4 heteroatoms. The molecule has 1 fully saturated rings. The summed E-state index contributed by atoms with van der Waals surface area (Å²) < 4.78 is 5.69. The second-order valence-corrected chi connectivity index (χ2v) is 5.83. The van der Waals surface area contributed by atoms with Crippen LogP contribution in [0.25, 0.3) is 0 Å². The zero-order valence-electron chi connectivity index (χ0n) is 10.1. The normalized spacial score (nSPS) is 23.4. The predicted octanol–water partition coefficient (Wildman–Crippen LogP) is 4.36. The molecule has 1 aliphatic rings. The first-order valence-corrected chi connectivity index (χ1v) is 6.58. The van der Waals surface area contributed by atoms with E-state index < -0.39 is 0 Å². The van der Waals surface area contributed by atoms with E-state index >= 15 is 0 Å². The van der Waals surface area contributed by atoms with Crippen molar-refractivity contribution in [3.8, 4) is 0 Å². The van der Waals surface area contributed by atoms with Crippen molar-refractivity contribution < 1.29 is 4.74 Å². The molecule has 1 aromatic rings. The van der Waals surface area contributed by atoms with Gasteiger partial charge in [-0.25, -0.2) is 0 Å². The Labute approximate surface area is 112 Å². The Hall–Kier alpha value is -0.440. The first-order valence-electron chi connectivity index (χ1n) is 5.82. The van der Waals surface area contributed by atoms with E-state index in [0.717, 1.165) is 25.1 Å². The molecule has 1 unspecified atom stereocenters. The fourth-order valence-corrected chi connectivity index (χ4v) is 2.55. The highest BCUT2D eigenvalue weighted by Gasteiger charge is 2.29. The molecule has 0 bridgehead atoms. The third-order valence-electron chi connectivity index (χ3n) is 3.01. The summed E-state index contributed by atoms with van der Waals surface area (Å²) in [6.07, 6.45) is 1.96. The first kappa shape index (κ1) is 13.0. The molecule has 2 rings (SSSR count). The summed E-state index contributed by atoms with van der Waals surface area (Å²) in [7, 11) is 0. The van der Waals surface area contributed by atoms with Crippen molar-refractivity contribution in [2.75, 3.05) is 11.9 Å². The van der Waals surface area contributed by atoms with Crippen molar-refractivity contribution in [1.29, 1.82) is 0 Å². The standard InChI is InChI=1S/C13H17Cl2NO/c1-13(2)8-9(6-7-17-13)16-11-5-3-4-10(14)12(11)15/h3-5,9,16H,6-8H2,1-2H3. The minimum Gasteiger partial charge on any atom is -0.381 e. The lowest BCUT2D eigenvalue weighted by atomic mass is 9.94. The van der Waals surface area contributed by atoms with Crippen LogP contribution in [0.4, 0.5) is 5.69 Å². The van der Waals surface area contributed by atoms with E-state index in [9.17, 15) is 0 Å². The summed E-state index contributed by atoms with van der Waals surface area (Å²) >= 11 is 12.1. The molecule has 1 heterocycles. The van der Waals surface area contributed by atoms with Crippen molar-refractivity contribution in [3.63, 3.8) is 0 Å². The van der Waals surface area contributed by atoms with Gasteiger partial charge in [0.15, 0.2) is 0 Å². The van der Waals surface area contributed by atoms with Crippen molar-refractivity contribution in [1.82, 2.24) is 0 Å². The molecule has 0 spiro atoms. The number of anilines is 1. The van der Waals surface area contributed by atoms with Gasteiger partial charge in [-0.1, -0.05) is 29.3 Å². The quantitative estimate of drug-likeness (QED) is 0.865. The predicted molar refractivity (Wildman–Crippen MR) is 73.1 cm³/mol. The van der Waals surface area contributed by atoms with Gasteiger partial charge in [0.2, 0.25) is 0 Å². The third-order valence-corrected chi connectivity index (χ3v) is 3.83. The van der Waals surface area contributed by atoms with Crippen LogP contribution in [-0.4, -0.2) is 18.2 Å². The maximum atomic E-state index is 6.16. The van der Waals surface area contributed by atoms with Crippen molar-refractivity contribution in [2.24, 2.45) is 0 Å². The Balaban J connectivity index is 2.08. The molecule has 0 radical (unpaired) electrons. The monoisotopic (exact) mass is 273 g/mol. The number of halogens is 2. The first-order chi connectivity index (χ1) is 7.98. The van der Waals surface area contributed by atoms with E-state index in [2.05, 4.69) is 19.2 Å². The second kappa shape index (κ2) is 5.05. The van der Waals surface area contributed by atoms with Gasteiger partial charge in [0.05, 0.1) is 21.3 Å². The highest BCUT2D eigenvalue weighted by Crippen LogP contribution is 2.32. The Morgan fingerprint density at radius 3 is 2.82 bits per heavy atom. The van der Waals surface area contributed by atoms with E-state index in [1.807, 2.05) is 12.1 Å². The van der Waals surface area contributed by atoms with Crippen LogP contribution >= 0.6 is 23.2 Å². The Morgan fingerprint density at radius 1 is 1.35 bits per heavy atom. The lowest BCUT2D eigenvalue weighted by Crippen LogP contribution is -2.40. The molecule has 17 heavy (non-hydrogen) atoms. The topological polar surface area (TPSA) is 21.3 Å². The zero-order valence-corrected chi connectivity index (χ0v) is 11.6. The molecule has 1 aliphatic heterocycles. The van der Waals surface area contributed by atoms with E-state index in [1.165, 1.54) is 0 Å². The zero-order chi connectivity index (χ0) is 12.5. The average molecular weight is 274 g/mol. The van der Waals surface area contributed by atoms with Crippen LogP contribution in [0.3, 0.4) is 0 Å². The van der Waals surface area contributed by atoms with Gasteiger partial charge in [0, 0.05) is 12.6 Å². The fraction of sp³-hybridized carbons (Fsp3) is 0.538. The van der Waals surface area contributed by atoms with Crippen LogP contribution in [0.5, 0.6) is 0 Å². The molecule has 0 aromatic heterocycles. The Morgan fingerprint density at radius 2 is 2.12 bits per heavy atom. The van der Waals surface area contributed by atoms with Gasteiger partial charge in [0.1, 0.15) is 0 Å². The molecule has 1 N–H and O–H groups in total. The lowest BCUT2D eigenvalue weighted by Gasteiger charge is -2.36. The van der Waals surface area contributed by atoms with Gasteiger partial charge in [0.25, 0.3) is 0 Å². The van der Waals surface area contributed by atoms with Gasteiger partial charge in [-0.2, -0.15) is 0 Å². The van der Waals surface area contributed by atoms with Crippen LogP contribution in [-0.2, 0) is 4.74 Å². The molecule has 94 valence electrons. The molecule has 0 saturated carbocycles. The molecular formula is C13H17Cl2NO. The van der Waals surface area contributed by atoms with E-state index in [0.29, 0.717) is 16.1 Å². The number of hydrogen-bond acceptors (Lipinski definition) is 2. The summed E-state index contributed by atoms with van der Waals surface area (Å²) in [4.78, 5) is 0. The average Bonchev–Trinajstić information content (AvgIpc) is 2.23. The minimum atomic E-state index is -0.0685. The number of nitrogens with one attached hydrogen (secondary N) is 1. The van der Waals surface area contributed by atoms with Crippen LogP contribution in [0.2, 0.25) is 10.0 Å². The van der Waals surface area contributed by atoms with Gasteiger partial charge >= 0.3 is 0 Å². The SMILES string of the molecule is CC1(C)CC(Nc2cccc(Cl)c2Cl)CCO1. The number of ether oxygens (including phenoxy) is 1. The lowest BCUT2D eigenvalue weighted by molar-refractivity contribution is -0.0553. The third kappa shape index (κ3) is 3.27. The highest BCUT2D eigenvalue weighted by molar-refractivity contribution is 6.43. The van der Waals surface area contributed by atoms with E-state index in [1.54, 1.807) is 6.07 Å². The Bertz CT molecular complexity index is 406. The van der Waals surface area contributed by atoms with Gasteiger partial charge in [-0.3, -0.25) is 0 Å². The molecule has 1 aromatic carbocycles. The molecule has 2 nitrogen and oxygen atoms in total. The largest absolute Gasteiger partial charge is 0.381 e. The van der Waals surface area contributed by atoms with E-state index in [4.69, 9.17) is 27.9 Å². The smallest absolute Gasteiger partial charge is 0.0823 e. The summed E-state index contributed by atoms with van der Waals surface area (Å²) in [5.74, 6) is 0. The van der Waals surface area contributed by atoms with Crippen LogP contribution in [0, 0.1) is 0 Å². The van der Waals surface area contributed by atoms with Crippen LogP contribution < -0.4 is 5.32 Å². The number of rotatable bonds is 2. The Kier molecular flexibility index (Phi) is 3.86. The molecule has 1 atom stereocenters. The van der Waals surface area contributed by atoms with Gasteiger partial charge in [-0.15, -0.1) is 0 Å². The molecule has 1 saturated heterocycles. The van der Waals surface area contributed by atoms with E-state index in [-0.39, 0.29) is 5.60 Å². The minimum absolute atomic E-state index is 0.0685. The van der Waals surface area contributed by atoms with Crippen molar-refractivity contribution in [3.05, 3.63) is 28.2 Å². The maximum Gasteiger partial charge on any atom is 0.0823 e. The summed E-state index contributed by atoms with van der Waals surface area (Å²) in [6.45, 7) is 5.00. The fourth-order valence-electron chi connectivity index (χ4n) is 2.19. The summed E-state index contributed by atoms with van der Waals surface area (Å²) in [5, 5.41) is 4.63. The van der Waals surface area contributed by atoms with Gasteiger partial charge < -0.3 is 10.1 Å². The van der Waals surface area contributed by atoms with Crippen molar-refractivity contribution >= 4 is 28.9 Å². The molecule has 0 amide bonds. The summed E-state index contributed by atoms with van der Waals surface area (Å²) in [5.41, 5.74) is 0.836. The van der Waals surface area contributed by atoms with Gasteiger partial charge in [-0.05, 0) is 38.8 Å². The maximum absolute atomic E-state index is 6.16. The van der Waals surface area contributed by atoms with Crippen LogP contribution in [0.1, 0.15) is 26.7 Å². The number of hydrogen-bond donors (Lipinski definition) is 1. The molecular weight excluding hydrogens is 257 g/mol. The highest BCUT2D eigenvalue weighted by atomic mass is 35.5. The second-order valence-electron chi connectivity index (χ2n) is 5.04. The number of benzene rings is 1. The van der Waals surface area contributed by atoms with Crippen LogP contribution in [0.15, 0.2) is 18.2 Å². The van der Waals surface area contributed by atoms with Crippen molar-refractivity contribution in [2.45, 2.75) is 38.3 Å². The molecule has 0 aliphatic carbocycles.